The second-order valence-corrected chi connectivity index (χ2v) is 5.08. The molecule has 0 bridgehead atoms. The lowest BCUT2D eigenvalue weighted by molar-refractivity contribution is 0.102. The highest BCUT2D eigenvalue weighted by atomic mass is 79.9. The Kier molecular flexibility index (Phi) is 4.07. The standard InChI is InChI=1S/C13H9BrClFN2O/c14-10-6-8(2-4-11(10)15)18-13(19)9-3-1-7(16)5-12(9)17/h1-6H,17H2,(H,18,19). The number of hydrogen-bond acceptors (Lipinski definition) is 2. The molecule has 19 heavy (non-hydrogen) atoms. The Hall–Kier alpha value is -1.59. The number of nitrogen functional groups attached to an aromatic ring is 1. The highest BCUT2D eigenvalue weighted by molar-refractivity contribution is 9.10. The van der Waals surface area contributed by atoms with Crippen molar-refractivity contribution >= 4 is 44.8 Å². The molecule has 0 aliphatic carbocycles. The minimum Gasteiger partial charge on any atom is -0.398 e. The Labute approximate surface area is 122 Å². The third-order valence-electron chi connectivity index (χ3n) is 2.44. The van der Waals surface area contributed by atoms with Gasteiger partial charge in [-0.3, -0.25) is 4.79 Å². The van der Waals surface area contributed by atoms with E-state index in [0.29, 0.717) is 15.2 Å². The molecule has 0 atom stereocenters. The normalized spacial score (nSPS) is 10.3. The van der Waals surface area contributed by atoms with E-state index < -0.39 is 11.7 Å². The summed E-state index contributed by atoms with van der Waals surface area (Å²) >= 11 is 9.11. The van der Waals surface area contributed by atoms with E-state index in [1.807, 2.05) is 0 Å². The molecule has 98 valence electrons. The van der Waals surface area contributed by atoms with Gasteiger partial charge in [-0.05, 0) is 52.3 Å². The van der Waals surface area contributed by atoms with Gasteiger partial charge in [-0.2, -0.15) is 0 Å². The van der Waals surface area contributed by atoms with E-state index in [1.54, 1.807) is 18.2 Å². The Morgan fingerprint density at radius 3 is 2.63 bits per heavy atom. The summed E-state index contributed by atoms with van der Waals surface area (Å²) in [5.41, 5.74) is 6.46. The van der Waals surface area contributed by atoms with Crippen molar-refractivity contribution in [2.45, 2.75) is 0 Å². The van der Waals surface area contributed by atoms with Crippen molar-refractivity contribution in [3.63, 3.8) is 0 Å². The molecule has 3 nitrogen and oxygen atoms in total. The first-order chi connectivity index (χ1) is 8.97. The summed E-state index contributed by atoms with van der Waals surface area (Å²) in [4.78, 5) is 12.0. The molecule has 0 saturated carbocycles. The maximum Gasteiger partial charge on any atom is 0.257 e. The van der Waals surface area contributed by atoms with Crippen molar-refractivity contribution in [2.24, 2.45) is 0 Å². The molecule has 0 unspecified atom stereocenters. The summed E-state index contributed by atoms with van der Waals surface area (Å²) in [6.07, 6.45) is 0. The number of rotatable bonds is 2. The zero-order valence-corrected chi connectivity index (χ0v) is 11.9. The number of halogens is 3. The summed E-state index contributed by atoms with van der Waals surface area (Å²) in [7, 11) is 0. The third-order valence-corrected chi connectivity index (χ3v) is 3.65. The van der Waals surface area contributed by atoms with Crippen LogP contribution < -0.4 is 11.1 Å². The van der Waals surface area contributed by atoms with E-state index in [2.05, 4.69) is 21.2 Å². The molecule has 1 amide bonds. The van der Waals surface area contributed by atoms with Crippen LogP contribution in [0, 0.1) is 5.82 Å². The average Bonchev–Trinajstić information content (AvgIpc) is 2.33. The minimum absolute atomic E-state index is 0.0885. The molecular weight excluding hydrogens is 335 g/mol. The Morgan fingerprint density at radius 2 is 2.00 bits per heavy atom. The Bertz CT molecular complexity index is 649. The molecule has 2 aromatic carbocycles. The van der Waals surface area contributed by atoms with E-state index in [0.717, 1.165) is 6.07 Å². The summed E-state index contributed by atoms with van der Waals surface area (Å²) in [6.45, 7) is 0. The molecule has 0 fully saturated rings. The van der Waals surface area contributed by atoms with Gasteiger partial charge in [0, 0.05) is 15.8 Å². The second-order valence-electron chi connectivity index (χ2n) is 3.81. The van der Waals surface area contributed by atoms with E-state index in [9.17, 15) is 9.18 Å². The second kappa shape index (κ2) is 5.59. The average molecular weight is 344 g/mol. The number of carbonyl (C=O) groups excluding carboxylic acids is 1. The highest BCUT2D eigenvalue weighted by Gasteiger charge is 2.11. The molecule has 0 aromatic heterocycles. The fourth-order valence-electron chi connectivity index (χ4n) is 1.51. The van der Waals surface area contributed by atoms with Crippen LogP contribution in [-0.2, 0) is 0 Å². The van der Waals surface area contributed by atoms with Crippen LogP contribution in [0.4, 0.5) is 15.8 Å². The third kappa shape index (κ3) is 3.24. The van der Waals surface area contributed by atoms with Crippen molar-refractivity contribution in [3.8, 4) is 0 Å². The van der Waals surface area contributed by atoms with E-state index in [4.69, 9.17) is 17.3 Å². The highest BCUT2D eigenvalue weighted by Crippen LogP contribution is 2.26. The number of nitrogens with two attached hydrogens (primary N) is 1. The first kappa shape index (κ1) is 13.8. The molecular formula is C13H9BrClFN2O. The number of carbonyl (C=O) groups is 1. The molecule has 0 heterocycles. The number of hydrogen-bond donors (Lipinski definition) is 2. The molecule has 0 aliphatic rings. The predicted molar refractivity (Wildman–Crippen MR) is 77.9 cm³/mol. The zero-order chi connectivity index (χ0) is 14.0. The molecule has 3 N–H and O–H groups in total. The molecule has 0 spiro atoms. The van der Waals surface area contributed by atoms with Gasteiger partial charge in [0.1, 0.15) is 5.82 Å². The van der Waals surface area contributed by atoms with Gasteiger partial charge in [0.15, 0.2) is 0 Å². The lowest BCUT2D eigenvalue weighted by Crippen LogP contribution is -2.14. The summed E-state index contributed by atoms with van der Waals surface area (Å²) < 4.78 is 13.6. The van der Waals surface area contributed by atoms with Crippen molar-refractivity contribution in [3.05, 3.63) is 57.3 Å². The quantitative estimate of drug-likeness (QED) is 0.807. The SMILES string of the molecule is Nc1cc(F)ccc1C(=O)Nc1ccc(Cl)c(Br)c1. The summed E-state index contributed by atoms with van der Waals surface area (Å²) in [6, 6.07) is 8.60. The number of nitrogens with one attached hydrogen (secondary N) is 1. The summed E-state index contributed by atoms with van der Waals surface area (Å²) in [5.74, 6) is -0.894. The molecule has 0 aliphatic heterocycles. The van der Waals surface area contributed by atoms with Crippen LogP contribution in [0.1, 0.15) is 10.4 Å². The van der Waals surface area contributed by atoms with Crippen LogP contribution in [0.2, 0.25) is 5.02 Å². The van der Waals surface area contributed by atoms with E-state index in [1.165, 1.54) is 12.1 Å². The van der Waals surface area contributed by atoms with Gasteiger partial charge in [0.25, 0.3) is 5.91 Å². The minimum atomic E-state index is -0.483. The summed E-state index contributed by atoms with van der Waals surface area (Å²) in [5, 5.41) is 3.20. The number of anilines is 2. The fourth-order valence-corrected chi connectivity index (χ4v) is 2.01. The molecule has 2 aromatic rings. The Morgan fingerprint density at radius 1 is 1.26 bits per heavy atom. The van der Waals surface area contributed by atoms with Crippen LogP contribution in [-0.4, -0.2) is 5.91 Å². The first-order valence-corrected chi connectivity index (χ1v) is 6.46. The molecule has 0 radical (unpaired) electrons. The molecule has 6 heteroatoms. The van der Waals surface area contributed by atoms with Crippen molar-refractivity contribution in [1.29, 1.82) is 0 Å². The molecule has 2 rings (SSSR count). The maximum atomic E-state index is 12.9. The number of amides is 1. The van der Waals surface area contributed by atoms with Crippen LogP contribution in [0.25, 0.3) is 0 Å². The zero-order valence-electron chi connectivity index (χ0n) is 9.58. The fraction of sp³-hybridized carbons (Fsp3) is 0. The smallest absolute Gasteiger partial charge is 0.257 e. The van der Waals surface area contributed by atoms with Crippen molar-refractivity contribution in [1.82, 2.24) is 0 Å². The Balaban J connectivity index is 2.23. The van der Waals surface area contributed by atoms with Gasteiger partial charge >= 0.3 is 0 Å². The van der Waals surface area contributed by atoms with Gasteiger partial charge in [0.2, 0.25) is 0 Å². The van der Waals surface area contributed by atoms with Crippen molar-refractivity contribution in [2.75, 3.05) is 11.1 Å². The lowest BCUT2D eigenvalue weighted by atomic mass is 10.1. The van der Waals surface area contributed by atoms with Gasteiger partial charge in [-0.25, -0.2) is 4.39 Å². The number of benzene rings is 2. The molecule has 0 saturated heterocycles. The van der Waals surface area contributed by atoms with Crippen LogP contribution in [0.3, 0.4) is 0 Å². The maximum absolute atomic E-state index is 12.9. The monoisotopic (exact) mass is 342 g/mol. The van der Waals surface area contributed by atoms with E-state index in [-0.39, 0.29) is 11.3 Å². The lowest BCUT2D eigenvalue weighted by Gasteiger charge is -2.08. The van der Waals surface area contributed by atoms with Crippen LogP contribution >= 0.6 is 27.5 Å². The van der Waals surface area contributed by atoms with Gasteiger partial charge in [-0.1, -0.05) is 11.6 Å². The van der Waals surface area contributed by atoms with Crippen LogP contribution in [0.5, 0.6) is 0 Å². The van der Waals surface area contributed by atoms with Crippen molar-refractivity contribution < 1.29 is 9.18 Å². The topological polar surface area (TPSA) is 55.1 Å². The van der Waals surface area contributed by atoms with Gasteiger partial charge < -0.3 is 11.1 Å². The largest absolute Gasteiger partial charge is 0.398 e. The van der Waals surface area contributed by atoms with Gasteiger partial charge in [0.05, 0.1) is 10.6 Å². The van der Waals surface area contributed by atoms with Crippen LogP contribution in [0.15, 0.2) is 40.9 Å². The van der Waals surface area contributed by atoms with E-state index >= 15 is 0 Å². The van der Waals surface area contributed by atoms with Gasteiger partial charge in [-0.15, -0.1) is 0 Å². The first-order valence-electron chi connectivity index (χ1n) is 5.29. The predicted octanol–water partition coefficient (Wildman–Crippen LogP) is 4.08.